The number of hydrogen-bond acceptors (Lipinski definition) is 2. The summed E-state index contributed by atoms with van der Waals surface area (Å²) in [4.78, 5) is 12.3. The molecule has 1 saturated carbocycles. The third-order valence-corrected chi connectivity index (χ3v) is 3.63. The van der Waals surface area contributed by atoms with Crippen molar-refractivity contribution in [3.8, 4) is 0 Å². The first kappa shape index (κ1) is 11.7. The number of rotatable bonds is 3. The van der Waals surface area contributed by atoms with Crippen LogP contribution in [0.2, 0.25) is 0 Å². The summed E-state index contributed by atoms with van der Waals surface area (Å²) < 4.78 is 37.4. The molecule has 1 aliphatic carbocycles. The number of nitrogens with zero attached hydrogens (tertiary/aromatic N) is 1. The van der Waals surface area contributed by atoms with Crippen molar-refractivity contribution >= 4 is 5.97 Å². The van der Waals surface area contributed by atoms with E-state index in [4.69, 9.17) is 5.11 Å². The molecule has 1 N–H and O–H groups in total. The fourth-order valence-electron chi connectivity index (χ4n) is 2.81. The highest BCUT2D eigenvalue weighted by Crippen LogP contribution is 2.39. The molecule has 3 atom stereocenters. The molecule has 0 aromatic heterocycles. The molecular weight excluding hydrogens is 223 g/mol. The van der Waals surface area contributed by atoms with Gasteiger partial charge in [0.25, 0.3) is 0 Å². The smallest absolute Gasteiger partial charge is 0.403 e. The van der Waals surface area contributed by atoms with Gasteiger partial charge in [0, 0.05) is 19.1 Å². The largest absolute Gasteiger partial charge is 0.481 e. The first-order chi connectivity index (χ1) is 7.38. The fraction of sp³-hybridized carbons (Fsp3) is 0.900. The zero-order valence-corrected chi connectivity index (χ0v) is 8.70. The number of aliphatic carboxylic acids is 1. The number of alkyl halides is 3. The van der Waals surface area contributed by atoms with Gasteiger partial charge >= 0.3 is 12.1 Å². The van der Waals surface area contributed by atoms with E-state index < -0.39 is 18.1 Å². The van der Waals surface area contributed by atoms with Crippen LogP contribution < -0.4 is 0 Å². The van der Waals surface area contributed by atoms with Gasteiger partial charge in [-0.1, -0.05) is 0 Å². The van der Waals surface area contributed by atoms with Crippen LogP contribution >= 0.6 is 0 Å². The molecule has 0 spiro atoms. The molecule has 92 valence electrons. The molecule has 1 saturated heterocycles. The average molecular weight is 237 g/mol. The number of carboxylic acid groups (broad SMARTS) is 1. The lowest BCUT2D eigenvalue weighted by Gasteiger charge is -2.29. The van der Waals surface area contributed by atoms with Gasteiger partial charge in [0.1, 0.15) is 0 Å². The number of likely N-dealkylation sites (tertiary alicyclic amines) is 1. The highest BCUT2D eigenvalue weighted by molar-refractivity contribution is 5.71. The van der Waals surface area contributed by atoms with Crippen LogP contribution in [-0.4, -0.2) is 41.3 Å². The molecule has 2 bridgehead atoms. The highest BCUT2D eigenvalue weighted by Gasteiger charge is 2.48. The van der Waals surface area contributed by atoms with E-state index in [1.54, 1.807) is 4.90 Å². The van der Waals surface area contributed by atoms with Crippen LogP contribution in [0.1, 0.15) is 19.3 Å². The molecule has 16 heavy (non-hydrogen) atoms. The summed E-state index contributed by atoms with van der Waals surface area (Å²) in [6.07, 6.45) is -1.72. The second-order valence-electron chi connectivity index (χ2n) is 4.72. The monoisotopic (exact) mass is 237 g/mol. The van der Waals surface area contributed by atoms with Crippen LogP contribution in [-0.2, 0) is 4.79 Å². The second-order valence-corrected chi connectivity index (χ2v) is 4.72. The van der Waals surface area contributed by atoms with Crippen molar-refractivity contribution in [3.63, 3.8) is 0 Å². The SMILES string of the molecule is O=C(O)C(CN1CC2CCC1C2)C(F)(F)F. The predicted octanol–water partition coefficient (Wildman–Crippen LogP) is 1.73. The molecule has 0 amide bonds. The van der Waals surface area contributed by atoms with E-state index in [1.807, 2.05) is 0 Å². The first-order valence-corrected chi connectivity index (χ1v) is 5.41. The average Bonchev–Trinajstić information content (AvgIpc) is 2.72. The standard InChI is InChI=1S/C10H14F3NO2/c11-10(12,13)8(9(15)16)5-14-4-6-1-2-7(14)3-6/h6-8H,1-5H2,(H,15,16). The Hall–Kier alpha value is -0.780. The Balaban J connectivity index is 1.99. The molecule has 6 heteroatoms. The van der Waals surface area contributed by atoms with Crippen LogP contribution in [0.15, 0.2) is 0 Å². The quantitative estimate of drug-likeness (QED) is 0.812. The Bertz CT molecular complexity index is 292. The third-order valence-electron chi connectivity index (χ3n) is 3.63. The van der Waals surface area contributed by atoms with E-state index in [-0.39, 0.29) is 12.6 Å². The molecule has 2 aliphatic rings. The summed E-state index contributed by atoms with van der Waals surface area (Å²) in [5.74, 6) is -3.53. The summed E-state index contributed by atoms with van der Waals surface area (Å²) in [7, 11) is 0. The Morgan fingerprint density at radius 2 is 2.12 bits per heavy atom. The zero-order chi connectivity index (χ0) is 11.9. The normalized spacial score (nSPS) is 31.9. The van der Waals surface area contributed by atoms with Gasteiger partial charge in [0.15, 0.2) is 5.92 Å². The van der Waals surface area contributed by atoms with E-state index in [2.05, 4.69) is 0 Å². The summed E-state index contributed by atoms with van der Waals surface area (Å²) in [6.45, 7) is 0.241. The van der Waals surface area contributed by atoms with E-state index in [0.717, 1.165) is 19.3 Å². The maximum absolute atomic E-state index is 12.5. The van der Waals surface area contributed by atoms with Crippen molar-refractivity contribution in [1.82, 2.24) is 4.90 Å². The maximum atomic E-state index is 12.5. The van der Waals surface area contributed by atoms with Gasteiger partial charge in [-0.3, -0.25) is 9.69 Å². The molecule has 3 nitrogen and oxygen atoms in total. The van der Waals surface area contributed by atoms with Gasteiger partial charge in [0.2, 0.25) is 0 Å². The van der Waals surface area contributed by atoms with Crippen molar-refractivity contribution in [2.45, 2.75) is 31.5 Å². The van der Waals surface area contributed by atoms with Gasteiger partial charge in [-0.2, -0.15) is 13.2 Å². The van der Waals surface area contributed by atoms with Crippen molar-refractivity contribution in [3.05, 3.63) is 0 Å². The van der Waals surface area contributed by atoms with Crippen LogP contribution in [0.5, 0.6) is 0 Å². The molecular formula is C10H14F3NO2. The summed E-state index contributed by atoms with van der Waals surface area (Å²) in [6, 6.07) is 0.175. The zero-order valence-electron chi connectivity index (χ0n) is 8.70. The number of halogens is 3. The van der Waals surface area contributed by atoms with Gasteiger partial charge in [-0.25, -0.2) is 0 Å². The van der Waals surface area contributed by atoms with Crippen LogP contribution in [0.4, 0.5) is 13.2 Å². The lowest BCUT2D eigenvalue weighted by Crippen LogP contribution is -2.44. The topological polar surface area (TPSA) is 40.5 Å². The molecule has 0 aromatic rings. The summed E-state index contributed by atoms with van der Waals surface area (Å²) >= 11 is 0. The van der Waals surface area contributed by atoms with E-state index >= 15 is 0 Å². The minimum absolute atomic E-state index is 0.175. The minimum atomic E-state index is -4.65. The van der Waals surface area contributed by atoms with E-state index in [0.29, 0.717) is 12.5 Å². The molecule has 0 aromatic carbocycles. The lowest BCUT2D eigenvalue weighted by atomic mass is 10.1. The van der Waals surface area contributed by atoms with Crippen LogP contribution in [0.3, 0.4) is 0 Å². The molecule has 2 rings (SSSR count). The van der Waals surface area contributed by atoms with Crippen molar-refractivity contribution in [2.24, 2.45) is 11.8 Å². The van der Waals surface area contributed by atoms with E-state index in [1.165, 1.54) is 0 Å². The lowest BCUT2D eigenvalue weighted by molar-refractivity contribution is -0.197. The number of fused-ring (bicyclic) bond motifs is 2. The molecule has 2 fully saturated rings. The Kier molecular flexibility index (Phi) is 2.86. The van der Waals surface area contributed by atoms with Crippen LogP contribution in [0.25, 0.3) is 0 Å². The van der Waals surface area contributed by atoms with Crippen molar-refractivity contribution in [1.29, 1.82) is 0 Å². The fourth-order valence-corrected chi connectivity index (χ4v) is 2.81. The Labute approximate surface area is 91.2 Å². The minimum Gasteiger partial charge on any atom is -0.481 e. The van der Waals surface area contributed by atoms with Crippen molar-refractivity contribution < 1.29 is 23.1 Å². The third kappa shape index (κ3) is 2.16. The maximum Gasteiger partial charge on any atom is 0.403 e. The number of piperidine rings is 1. The van der Waals surface area contributed by atoms with Gasteiger partial charge in [0.05, 0.1) is 0 Å². The first-order valence-electron chi connectivity index (χ1n) is 5.41. The summed E-state index contributed by atoms with van der Waals surface area (Å²) in [5.41, 5.74) is 0. The number of carbonyl (C=O) groups is 1. The number of carboxylic acids is 1. The molecule has 0 radical (unpaired) electrons. The second kappa shape index (κ2) is 3.91. The molecule has 3 unspecified atom stereocenters. The Morgan fingerprint density at radius 1 is 1.44 bits per heavy atom. The highest BCUT2D eigenvalue weighted by atomic mass is 19.4. The van der Waals surface area contributed by atoms with Gasteiger partial charge in [-0.05, 0) is 25.2 Å². The Morgan fingerprint density at radius 3 is 2.50 bits per heavy atom. The van der Waals surface area contributed by atoms with Gasteiger partial charge < -0.3 is 5.11 Å². The van der Waals surface area contributed by atoms with Crippen molar-refractivity contribution in [2.75, 3.05) is 13.1 Å². The molecule has 1 heterocycles. The van der Waals surface area contributed by atoms with E-state index in [9.17, 15) is 18.0 Å². The molecule has 1 aliphatic heterocycles. The van der Waals surface area contributed by atoms with Gasteiger partial charge in [-0.15, -0.1) is 0 Å². The van der Waals surface area contributed by atoms with Crippen LogP contribution in [0, 0.1) is 11.8 Å². The predicted molar refractivity (Wildman–Crippen MR) is 49.9 cm³/mol. The summed E-state index contributed by atoms with van der Waals surface area (Å²) in [5, 5.41) is 8.59. The number of hydrogen-bond donors (Lipinski definition) is 1.